The largest absolute Gasteiger partial charge is 0.364 e. The molecule has 1 aromatic heterocycles. The predicted molar refractivity (Wildman–Crippen MR) is 89.8 cm³/mol. The third kappa shape index (κ3) is 4.37. The molecule has 0 spiro atoms. The third-order valence-corrected chi connectivity index (χ3v) is 4.20. The average molecular weight is 310 g/mol. The Balaban J connectivity index is 1.48. The summed E-state index contributed by atoms with van der Waals surface area (Å²) in [7, 11) is 0. The lowest BCUT2D eigenvalue weighted by molar-refractivity contribution is 0.0995. The van der Waals surface area contributed by atoms with Gasteiger partial charge in [-0.3, -0.25) is 19.6 Å². The van der Waals surface area contributed by atoms with Gasteiger partial charge in [0.25, 0.3) is 5.91 Å². The predicted octanol–water partition coefficient (Wildman–Crippen LogP) is 1.50. The van der Waals surface area contributed by atoms with Gasteiger partial charge in [-0.25, -0.2) is 0 Å². The molecule has 0 atom stereocenters. The van der Waals surface area contributed by atoms with Crippen LogP contribution < -0.4 is 5.73 Å². The van der Waals surface area contributed by atoms with Crippen molar-refractivity contribution in [1.82, 2.24) is 14.8 Å². The molecule has 0 radical (unpaired) electrons. The minimum absolute atomic E-state index is 0.321. The van der Waals surface area contributed by atoms with Crippen LogP contribution in [0.25, 0.3) is 0 Å². The van der Waals surface area contributed by atoms with Crippen LogP contribution in [0.5, 0.6) is 0 Å². The summed E-state index contributed by atoms with van der Waals surface area (Å²) < 4.78 is 0. The van der Waals surface area contributed by atoms with E-state index in [1.807, 2.05) is 6.07 Å². The molecule has 0 unspecified atom stereocenters. The number of nitrogens with two attached hydrogens (primary N) is 1. The first-order valence-electron chi connectivity index (χ1n) is 7.94. The van der Waals surface area contributed by atoms with Crippen molar-refractivity contribution in [2.45, 2.75) is 13.1 Å². The molecule has 23 heavy (non-hydrogen) atoms. The molecule has 0 bridgehead atoms. The SMILES string of the molecule is NC(=O)c1ccc(CN2CCN(Cc3ccccc3)CC2)cn1. The lowest BCUT2D eigenvalue weighted by Gasteiger charge is -2.34. The summed E-state index contributed by atoms with van der Waals surface area (Å²) in [6, 6.07) is 14.2. The van der Waals surface area contributed by atoms with Crippen LogP contribution in [0.4, 0.5) is 0 Å². The van der Waals surface area contributed by atoms with Crippen LogP contribution in [0, 0.1) is 0 Å². The number of benzene rings is 1. The van der Waals surface area contributed by atoms with Gasteiger partial charge >= 0.3 is 0 Å². The van der Waals surface area contributed by atoms with Crippen LogP contribution in [0.3, 0.4) is 0 Å². The number of hydrogen-bond donors (Lipinski definition) is 1. The molecule has 1 aliphatic rings. The molecule has 2 N–H and O–H groups in total. The van der Waals surface area contributed by atoms with Crippen molar-refractivity contribution in [3.8, 4) is 0 Å². The Hall–Kier alpha value is -2.24. The van der Waals surface area contributed by atoms with Crippen molar-refractivity contribution in [1.29, 1.82) is 0 Å². The highest BCUT2D eigenvalue weighted by atomic mass is 16.1. The van der Waals surface area contributed by atoms with E-state index in [0.717, 1.165) is 44.8 Å². The van der Waals surface area contributed by atoms with Gasteiger partial charge in [0.05, 0.1) is 0 Å². The second-order valence-electron chi connectivity index (χ2n) is 5.95. The maximum absolute atomic E-state index is 11.0. The molecule has 1 fully saturated rings. The molecule has 2 aromatic rings. The molecule has 2 heterocycles. The summed E-state index contributed by atoms with van der Waals surface area (Å²) in [5.41, 5.74) is 8.01. The van der Waals surface area contributed by atoms with E-state index in [1.54, 1.807) is 12.3 Å². The molecule has 0 aliphatic carbocycles. The van der Waals surface area contributed by atoms with Gasteiger partial charge in [-0.15, -0.1) is 0 Å². The fraction of sp³-hybridized carbons (Fsp3) is 0.333. The van der Waals surface area contributed by atoms with Gasteiger partial charge in [0.2, 0.25) is 0 Å². The summed E-state index contributed by atoms with van der Waals surface area (Å²) in [4.78, 5) is 20.0. The van der Waals surface area contributed by atoms with Crippen LogP contribution in [0.1, 0.15) is 21.6 Å². The van der Waals surface area contributed by atoms with E-state index < -0.39 is 5.91 Å². The topological polar surface area (TPSA) is 62.5 Å². The highest BCUT2D eigenvalue weighted by Crippen LogP contribution is 2.11. The Morgan fingerprint density at radius 2 is 1.52 bits per heavy atom. The lowest BCUT2D eigenvalue weighted by atomic mass is 10.2. The van der Waals surface area contributed by atoms with Crippen molar-refractivity contribution < 1.29 is 4.79 Å². The van der Waals surface area contributed by atoms with Crippen LogP contribution in [0.15, 0.2) is 48.7 Å². The van der Waals surface area contributed by atoms with Crippen LogP contribution in [0.2, 0.25) is 0 Å². The lowest BCUT2D eigenvalue weighted by Crippen LogP contribution is -2.45. The zero-order chi connectivity index (χ0) is 16.1. The standard InChI is InChI=1S/C18H22N4O/c19-18(23)17-7-6-16(12-20-17)14-22-10-8-21(9-11-22)13-15-4-2-1-3-5-15/h1-7,12H,8-11,13-14H2,(H2,19,23). The van der Waals surface area contributed by atoms with Crippen LogP contribution in [-0.4, -0.2) is 46.9 Å². The number of rotatable bonds is 5. The van der Waals surface area contributed by atoms with E-state index >= 15 is 0 Å². The number of hydrogen-bond acceptors (Lipinski definition) is 4. The van der Waals surface area contributed by atoms with E-state index in [2.05, 4.69) is 45.1 Å². The molecule has 1 amide bonds. The second-order valence-corrected chi connectivity index (χ2v) is 5.95. The minimum atomic E-state index is -0.480. The number of aromatic nitrogens is 1. The Bertz CT molecular complexity index is 634. The fourth-order valence-electron chi connectivity index (χ4n) is 2.87. The summed E-state index contributed by atoms with van der Waals surface area (Å²) in [5, 5.41) is 0. The Kier molecular flexibility index (Phi) is 5.00. The minimum Gasteiger partial charge on any atom is -0.364 e. The molecule has 0 saturated carbocycles. The first-order chi connectivity index (χ1) is 11.2. The molecular formula is C18H22N4O. The Morgan fingerprint density at radius 1 is 0.913 bits per heavy atom. The first kappa shape index (κ1) is 15.6. The van der Waals surface area contributed by atoms with Gasteiger partial charge in [-0.05, 0) is 17.2 Å². The van der Waals surface area contributed by atoms with E-state index in [0.29, 0.717) is 5.69 Å². The maximum atomic E-state index is 11.0. The van der Waals surface area contributed by atoms with Crippen LogP contribution in [-0.2, 0) is 13.1 Å². The van der Waals surface area contributed by atoms with Gasteiger partial charge in [0.1, 0.15) is 5.69 Å². The number of carbonyl (C=O) groups is 1. The number of nitrogens with zero attached hydrogens (tertiary/aromatic N) is 3. The molecular weight excluding hydrogens is 288 g/mol. The zero-order valence-corrected chi connectivity index (χ0v) is 13.2. The van der Waals surface area contributed by atoms with Gasteiger partial charge in [-0.2, -0.15) is 0 Å². The number of piperazine rings is 1. The monoisotopic (exact) mass is 310 g/mol. The summed E-state index contributed by atoms with van der Waals surface area (Å²) in [5.74, 6) is -0.480. The van der Waals surface area contributed by atoms with Gasteiger partial charge in [-0.1, -0.05) is 36.4 Å². The van der Waals surface area contributed by atoms with Crippen molar-refractivity contribution in [2.24, 2.45) is 5.73 Å². The fourth-order valence-corrected chi connectivity index (χ4v) is 2.87. The highest BCUT2D eigenvalue weighted by Gasteiger charge is 2.17. The highest BCUT2D eigenvalue weighted by molar-refractivity contribution is 5.90. The van der Waals surface area contributed by atoms with Gasteiger partial charge in [0, 0.05) is 45.5 Å². The van der Waals surface area contributed by atoms with Gasteiger partial charge in [0.15, 0.2) is 0 Å². The number of carbonyl (C=O) groups excluding carboxylic acids is 1. The third-order valence-electron chi connectivity index (χ3n) is 4.20. The summed E-state index contributed by atoms with van der Waals surface area (Å²) in [6.45, 7) is 6.12. The van der Waals surface area contributed by atoms with E-state index in [9.17, 15) is 4.79 Å². The van der Waals surface area contributed by atoms with Gasteiger partial charge < -0.3 is 5.73 Å². The maximum Gasteiger partial charge on any atom is 0.267 e. The zero-order valence-electron chi connectivity index (χ0n) is 13.2. The number of amides is 1. The quantitative estimate of drug-likeness (QED) is 0.909. The molecule has 1 aliphatic heterocycles. The van der Waals surface area contributed by atoms with Crippen molar-refractivity contribution in [3.63, 3.8) is 0 Å². The average Bonchev–Trinajstić information content (AvgIpc) is 2.58. The van der Waals surface area contributed by atoms with E-state index in [1.165, 1.54) is 5.56 Å². The van der Waals surface area contributed by atoms with Crippen LogP contribution >= 0.6 is 0 Å². The molecule has 5 nitrogen and oxygen atoms in total. The Labute approximate surface area is 136 Å². The smallest absolute Gasteiger partial charge is 0.267 e. The molecule has 120 valence electrons. The van der Waals surface area contributed by atoms with E-state index in [4.69, 9.17) is 5.73 Å². The summed E-state index contributed by atoms with van der Waals surface area (Å²) >= 11 is 0. The summed E-state index contributed by atoms with van der Waals surface area (Å²) in [6.07, 6.45) is 1.75. The molecule has 1 aromatic carbocycles. The second kappa shape index (κ2) is 7.35. The normalized spacial score (nSPS) is 16.3. The van der Waals surface area contributed by atoms with Crippen molar-refractivity contribution in [3.05, 3.63) is 65.5 Å². The molecule has 3 rings (SSSR count). The first-order valence-corrected chi connectivity index (χ1v) is 7.94. The van der Waals surface area contributed by atoms with Crippen molar-refractivity contribution >= 4 is 5.91 Å². The van der Waals surface area contributed by atoms with E-state index in [-0.39, 0.29) is 0 Å². The molecule has 5 heteroatoms. The van der Waals surface area contributed by atoms with Crippen molar-refractivity contribution in [2.75, 3.05) is 26.2 Å². The Morgan fingerprint density at radius 3 is 2.04 bits per heavy atom. The number of primary amides is 1. The molecule has 1 saturated heterocycles. The number of pyridine rings is 1.